The van der Waals surface area contributed by atoms with Crippen molar-refractivity contribution in [3.63, 3.8) is 0 Å². The molecule has 1 fully saturated rings. The predicted molar refractivity (Wildman–Crippen MR) is 137 cm³/mol. The fourth-order valence-electron chi connectivity index (χ4n) is 4.18. The molecule has 1 unspecified atom stereocenters. The molecule has 12 nitrogen and oxygen atoms in total. The van der Waals surface area contributed by atoms with Crippen LogP contribution in [0, 0.1) is 5.92 Å². The van der Waals surface area contributed by atoms with Gasteiger partial charge in [0.15, 0.2) is 0 Å². The number of esters is 1. The summed E-state index contributed by atoms with van der Waals surface area (Å²) in [5.41, 5.74) is 0. The van der Waals surface area contributed by atoms with Gasteiger partial charge in [-0.3, -0.25) is 34.1 Å². The number of methoxy groups -OCH3 is 1. The molecule has 36 heavy (non-hydrogen) atoms. The van der Waals surface area contributed by atoms with Crippen LogP contribution >= 0.6 is 0 Å². The van der Waals surface area contributed by atoms with E-state index in [0.29, 0.717) is 52.5 Å². The van der Waals surface area contributed by atoms with Crippen LogP contribution in [0.2, 0.25) is 0 Å². The zero-order valence-corrected chi connectivity index (χ0v) is 23.0. The number of ether oxygens (including phenoxy) is 1. The van der Waals surface area contributed by atoms with E-state index in [2.05, 4.69) is 14.7 Å². The summed E-state index contributed by atoms with van der Waals surface area (Å²) < 4.78 is 5.12. The minimum atomic E-state index is -0.415. The Bertz CT molecular complexity index is 612. The highest BCUT2D eigenvalue weighted by atomic mass is 16.7. The number of aldehydes is 2. The minimum Gasteiger partial charge on any atom is -0.469 e. The molecule has 0 aromatic carbocycles. The van der Waals surface area contributed by atoms with Gasteiger partial charge in [0.1, 0.15) is 12.6 Å². The van der Waals surface area contributed by atoms with Crippen LogP contribution < -0.4 is 0 Å². The molecule has 0 aromatic rings. The third-order valence-electron chi connectivity index (χ3n) is 6.08. The Balaban J connectivity index is 3.07. The summed E-state index contributed by atoms with van der Waals surface area (Å²) in [7, 11) is 8.83. The first-order chi connectivity index (χ1) is 17.3. The molecule has 1 rings (SSSR count). The topological polar surface area (TPSA) is 98.3 Å². The predicted octanol–water partition coefficient (Wildman–Crippen LogP) is -1.23. The molecule has 0 bridgehead atoms. The number of nitrogens with zero attached hydrogens (tertiary/aromatic N) is 6. The molecule has 1 aliphatic heterocycles. The average Bonchev–Trinajstić information content (AvgIpc) is 2.83. The molecule has 0 amide bonds. The molecule has 0 aliphatic carbocycles. The highest BCUT2D eigenvalue weighted by Crippen LogP contribution is 2.09. The van der Waals surface area contributed by atoms with Gasteiger partial charge >= 0.3 is 5.97 Å². The van der Waals surface area contributed by atoms with E-state index in [1.54, 1.807) is 10.1 Å². The van der Waals surface area contributed by atoms with E-state index in [1.807, 2.05) is 33.1 Å². The second kappa shape index (κ2) is 19.6. The number of hydrogen-bond acceptors (Lipinski definition) is 12. The maximum Gasteiger partial charge on any atom is 0.311 e. The Morgan fingerprint density at radius 2 is 1.22 bits per heavy atom. The number of hydrogen-bond donors (Lipinski definition) is 0. The van der Waals surface area contributed by atoms with Gasteiger partial charge < -0.3 is 14.3 Å². The Morgan fingerprint density at radius 3 is 1.81 bits per heavy atom. The molecule has 210 valence electrons. The maximum absolute atomic E-state index is 12.7. The van der Waals surface area contributed by atoms with Crippen molar-refractivity contribution in [3.05, 3.63) is 0 Å². The third kappa shape index (κ3) is 14.9. The van der Waals surface area contributed by atoms with Crippen LogP contribution in [0.25, 0.3) is 0 Å². The Hall–Kier alpha value is -1.51. The van der Waals surface area contributed by atoms with E-state index < -0.39 is 5.92 Å². The van der Waals surface area contributed by atoms with Crippen LogP contribution in [0.3, 0.4) is 0 Å². The minimum absolute atomic E-state index is 0.228. The molecule has 0 N–H and O–H groups in total. The van der Waals surface area contributed by atoms with Crippen LogP contribution in [-0.4, -0.2) is 175 Å². The molecule has 1 heterocycles. The quantitative estimate of drug-likeness (QED) is 0.167. The molecule has 1 atom stereocenters. The largest absolute Gasteiger partial charge is 0.469 e. The van der Waals surface area contributed by atoms with E-state index in [0.717, 1.165) is 51.7 Å². The van der Waals surface area contributed by atoms with Crippen molar-refractivity contribution in [1.82, 2.24) is 29.7 Å². The maximum atomic E-state index is 12.7. The number of rotatable bonds is 13. The van der Waals surface area contributed by atoms with Crippen molar-refractivity contribution in [2.24, 2.45) is 5.92 Å². The van der Waals surface area contributed by atoms with Crippen molar-refractivity contribution in [3.8, 4) is 0 Å². The zero-order valence-electron chi connectivity index (χ0n) is 23.0. The van der Waals surface area contributed by atoms with Crippen LogP contribution in [-0.2, 0) is 28.8 Å². The smallest absolute Gasteiger partial charge is 0.311 e. The standard InChI is InChI=1S/C24H48N6O6/c1-25(2)35-19-15-28-8-6-7-27(13-17-31)9-11-29(14-18-32)21-23(24(33)34-5)22-30(12-10-28)16-20-36-26(3)4/h17-18,23H,6-16,19-22H2,1-5H3. The Kier molecular flexibility index (Phi) is 17.7. The molecule has 12 heteroatoms. The van der Waals surface area contributed by atoms with Gasteiger partial charge in [-0.25, -0.2) is 0 Å². The van der Waals surface area contributed by atoms with Crippen molar-refractivity contribution in [2.75, 3.05) is 127 Å². The van der Waals surface area contributed by atoms with E-state index in [9.17, 15) is 14.4 Å². The summed E-state index contributed by atoms with van der Waals surface area (Å²) in [5.74, 6) is -0.709. The number of hydroxylamine groups is 4. The van der Waals surface area contributed by atoms with Gasteiger partial charge in [-0.15, -0.1) is 0 Å². The van der Waals surface area contributed by atoms with Gasteiger partial charge in [-0.2, -0.15) is 10.1 Å². The van der Waals surface area contributed by atoms with Crippen LogP contribution in [0.1, 0.15) is 6.42 Å². The van der Waals surface area contributed by atoms with Crippen molar-refractivity contribution in [2.45, 2.75) is 6.42 Å². The second-order valence-electron chi connectivity index (χ2n) is 9.40. The van der Waals surface area contributed by atoms with E-state index in [4.69, 9.17) is 14.4 Å². The number of carbonyl (C=O) groups is 3. The SMILES string of the molecule is COC(=O)C1CN(CC=O)CCN(CC=O)CCCN(CCON(C)C)CCN(CCON(C)C)C1. The lowest BCUT2D eigenvalue weighted by Gasteiger charge is -2.33. The van der Waals surface area contributed by atoms with Crippen LogP contribution in [0.5, 0.6) is 0 Å². The lowest BCUT2D eigenvalue weighted by atomic mass is 10.1. The number of carbonyl (C=O) groups excluding carboxylic acids is 3. The molecular weight excluding hydrogens is 468 g/mol. The van der Waals surface area contributed by atoms with Crippen LogP contribution in [0.4, 0.5) is 0 Å². The lowest BCUT2D eigenvalue weighted by Crippen LogP contribution is -2.47. The molecule has 1 saturated heterocycles. The van der Waals surface area contributed by atoms with Crippen molar-refractivity contribution in [1.29, 1.82) is 0 Å². The molecule has 0 radical (unpaired) electrons. The van der Waals surface area contributed by atoms with Crippen LogP contribution in [0.15, 0.2) is 0 Å². The van der Waals surface area contributed by atoms with E-state index in [-0.39, 0.29) is 12.5 Å². The molecule has 1 aliphatic rings. The summed E-state index contributed by atoms with van der Waals surface area (Å²) >= 11 is 0. The third-order valence-corrected chi connectivity index (χ3v) is 6.08. The Labute approximate surface area is 216 Å². The van der Waals surface area contributed by atoms with Gasteiger partial charge in [0, 0.05) is 80.5 Å². The van der Waals surface area contributed by atoms with Gasteiger partial charge in [-0.05, 0) is 19.5 Å². The first-order valence-corrected chi connectivity index (χ1v) is 12.7. The summed E-state index contributed by atoms with van der Waals surface area (Å²) in [6.45, 7) is 8.44. The summed E-state index contributed by atoms with van der Waals surface area (Å²) in [4.78, 5) is 55.3. The summed E-state index contributed by atoms with van der Waals surface area (Å²) in [5, 5.41) is 3.37. The van der Waals surface area contributed by atoms with Gasteiger partial charge in [0.25, 0.3) is 0 Å². The van der Waals surface area contributed by atoms with Gasteiger partial charge in [0.05, 0.1) is 39.3 Å². The highest BCUT2D eigenvalue weighted by molar-refractivity contribution is 5.72. The average molecular weight is 517 g/mol. The van der Waals surface area contributed by atoms with Crippen molar-refractivity contribution < 1.29 is 28.8 Å². The summed E-state index contributed by atoms with van der Waals surface area (Å²) in [6.07, 6.45) is 2.69. The normalized spacial score (nSPS) is 20.9. The molecule has 0 aromatic heterocycles. The molecule has 0 saturated carbocycles. The highest BCUT2D eigenvalue weighted by Gasteiger charge is 2.26. The molecule has 0 spiro atoms. The zero-order chi connectivity index (χ0) is 26.8. The first-order valence-electron chi connectivity index (χ1n) is 12.7. The van der Waals surface area contributed by atoms with E-state index in [1.165, 1.54) is 7.11 Å². The fraction of sp³-hybridized carbons (Fsp3) is 0.875. The van der Waals surface area contributed by atoms with Crippen molar-refractivity contribution >= 4 is 18.5 Å². The Morgan fingerprint density at radius 1 is 0.750 bits per heavy atom. The molecular formula is C24H48N6O6. The van der Waals surface area contributed by atoms with E-state index >= 15 is 0 Å². The van der Waals surface area contributed by atoms with Gasteiger partial charge in [0.2, 0.25) is 0 Å². The fourth-order valence-corrected chi connectivity index (χ4v) is 4.18. The monoisotopic (exact) mass is 516 g/mol. The summed E-state index contributed by atoms with van der Waals surface area (Å²) in [6, 6.07) is 0. The lowest BCUT2D eigenvalue weighted by molar-refractivity contribution is -0.148. The first kappa shape index (κ1) is 32.5. The van der Waals surface area contributed by atoms with Gasteiger partial charge in [-0.1, -0.05) is 0 Å². The second-order valence-corrected chi connectivity index (χ2v) is 9.40.